The Bertz CT molecular complexity index is 910. The van der Waals surface area contributed by atoms with Gasteiger partial charge in [0, 0.05) is 24.1 Å². The Morgan fingerprint density at radius 1 is 0.844 bits per heavy atom. The number of hydrogen-bond donors (Lipinski definition) is 3. The van der Waals surface area contributed by atoms with Crippen LogP contribution < -0.4 is 20.9 Å². The van der Waals surface area contributed by atoms with E-state index in [1.165, 1.54) is 12.8 Å². The molecule has 0 aromatic heterocycles. The van der Waals surface area contributed by atoms with Crippen LogP contribution in [0.25, 0.3) is 0 Å². The number of hydrazine groups is 1. The monoisotopic (exact) mass is 439 g/mol. The zero-order valence-electron chi connectivity index (χ0n) is 19.1. The van der Waals surface area contributed by atoms with Crippen LogP contribution in [-0.4, -0.2) is 24.3 Å². The minimum atomic E-state index is -0.443. The molecule has 0 bridgehead atoms. The molecule has 0 saturated heterocycles. The fourth-order valence-corrected chi connectivity index (χ4v) is 3.08. The topological polar surface area (TPSA) is 96.5 Å². The van der Waals surface area contributed by atoms with Gasteiger partial charge in [-0.1, -0.05) is 43.9 Å². The van der Waals surface area contributed by atoms with E-state index in [-0.39, 0.29) is 18.7 Å². The van der Waals surface area contributed by atoms with Gasteiger partial charge >= 0.3 is 0 Å². The van der Waals surface area contributed by atoms with Crippen molar-refractivity contribution in [1.29, 1.82) is 0 Å². The van der Waals surface area contributed by atoms with E-state index in [2.05, 4.69) is 23.1 Å². The maximum Gasteiger partial charge on any atom is 0.269 e. The van der Waals surface area contributed by atoms with Crippen LogP contribution in [0, 0.1) is 13.8 Å². The van der Waals surface area contributed by atoms with Gasteiger partial charge in [0.05, 0.1) is 6.61 Å². The van der Waals surface area contributed by atoms with Gasteiger partial charge in [0.25, 0.3) is 5.91 Å². The second-order valence-electron chi connectivity index (χ2n) is 7.80. The third-order valence-corrected chi connectivity index (χ3v) is 4.93. The maximum atomic E-state index is 12.2. The van der Waals surface area contributed by atoms with Crippen molar-refractivity contribution >= 4 is 23.4 Å². The van der Waals surface area contributed by atoms with Crippen molar-refractivity contribution < 1.29 is 19.1 Å². The van der Waals surface area contributed by atoms with Crippen molar-refractivity contribution in [3.8, 4) is 5.75 Å². The lowest BCUT2D eigenvalue weighted by Gasteiger charge is -2.10. The molecule has 7 nitrogen and oxygen atoms in total. The predicted molar refractivity (Wildman–Crippen MR) is 125 cm³/mol. The molecule has 0 radical (unpaired) electrons. The van der Waals surface area contributed by atoms with Crippen molar-refractivity contribution in [2.75, 3.05) is 11.9 Å². The normalized spacial score (nSPS) is 10.3. The highest BCUT2D eigenvalue weighted by atomic mass is 16.5. The molecule has 172 valence electrons. The van der Waals surface area contributed by atoms with Crippen molar-refractivity contribution in [3.63, 3.8) is 0 Å². The summed E-state index contributed by atoms with van der Waals surface area (Å²) >= 11 is 0. The molecule has 2 aromatic rings. The largest absolute Gasteiger partial charge is 0.494 e. The van der Waals surface area contributed by atoms with Crippen LogP contribution in [0.2, 0.25) is 0 Å². The number of anilines is 1. The quantitative estimate of drug-likeness (QED) is 0.356. The third-order valence-electron chi connectivity index (χ3n) is 4.93. The Morgan fingerprint density at radius 3 is 2.25 bits per heavy atom. The zero-order chi connectivity index (χ0) is 23.3. The minimum Gasteiger partial charge on any atom is -0.494 e. The number of carbonyl (C=O) groups excluding carboxylic acids is 3. The van der Waals surface area contributed by atoms with Gasteiger partial charge in [-0.25, -0.2) is 0 Å². The molecular weight excluding hydrogens is 406 g/mol. The molecule has 0 aliphatic rings. The smallest absolute Gasteiger partial charge is 0.269 e. The van der Waals surface area contributed by atoms with E-state index in [0.29, 0.717) is 17.9 Å². The van der Waals surface area contributed by atoms with Crippen LogP contribution in [0.15, 0.2) is 42.5 Å². The van der Waals surface area contributed by atoms with Crippen molar-refractivity contribution in [2.24, 2.45) is 0 Å². The number of ether oxygens (including phenoxy) is 1. The van der Waals surface area contributed by atoms with Crippen molar-refractivity contribution in [2.45, 2.75) is 59.3 Å². The highest BCUT2D eigenvalue weighted by Gasteiger charge is 2.11. The first-order valence-electron chi connectivity index (χ1n) is 11.1. The van der Waals surface area contributed by atoms with Crippen LogP contribution in [0.5, 0.6) is 5.75 Å². The van der Waals surface area contributed by atoms with E-state index < -0.39 is 11.8 Å². The molecule has 3 N–H and O–H groups in total. The predicted octanol–water partition coefficient (Wildman–Crippen LogP) is 4.44. The summed E-state index contributed by atoms with van der Waals surface area (Å²) in [5, 5.41) is 2.80. The van der Waals surface area contributed by atoms with Gasteiger partial charge in [-0.15, -0.1) is 0 Å². The molecule has 0 spiro atoms. The summed E-state index contributed by atoms with van der Waals surface area (Å²) in [5.74, 6) is -0.436. The number of unbranched alkanes of at least 4 members (excludes halogenated alkanes) is 3. The molecule has 3 amide bonds. The second kappa shape index (κ2) is 13.1. The fraction of sp³-hybridized carbons (Fsp3) is 0.400. The average molecular weight is 440 g/mol. The number of benzene rings is 2. The maximum absolute atomic E-state index is 12.2. The van der Waals surface area contributed by atoms with Gasteiger partial charge in [0.15, 0.2) is 0 Å². The Morgan fingerprint density at radius 2 is 1.56 bits per heavy atom. The van der Waals surface area contributed by atoms with E-state index in [9.17, 15) is 14.4 Å². The van der Waals surface area contributed by atoms with Gasteiger partial charge in [0.1, 0.15) is 5.75 Å². The molecule has 0 fully saturated rings. The van der Waals surface area contributed by atoms with Crippen molar-refractivity contribution in [1.82, 2.24) is 10.9 Å². The Kier molecular flexibility index (Phi) is 10.2. The molecule has 0 saturated carbocycles. The minimum absolute atomic E-state index is 0.0132. The summed E-state index contributed by atoms with van der Waals surface area (Å²) in [5.41, 5.74) is 7.90. The lowest BCUT2D eigenvalue weighted by atomic mass is 10.1. The van der Waals surface area contributed by atoms with Crippen LogP contribution >= 0.6 is 0 Å². The number of aryl methyl sites for hydroxylation is 2. The number of hydrogen-bond acceptors (Lipinski definition) is 4. The SMILES string of the molecule is CCCCCCOc1ccc(C(=O)NNC(=O)CCC(=O)Nc2ccc(C)cc2C)cc1. The van der Waals surface area contributed by atoms with Gasteiger partial charge in [0.2, 0.25) is 11.8 Å². The first-order valence-corrected chi connectivity index (χ1v) is 11.1. The zero-order valence-corrected chi connectivity index (χ0v) is 19.1. The Hall–Kier alpha value is -3.35. The Balaban J connectivity index is 1.68. The molecule has 2 aromatic carbocycles. The highest BCUT2D eigenvalue weighted by molar-refractivity contribution is 5.96. The first-order chi connectivity index (χ1) is 15.4. The van der Waals surface area contributed by atoms with Gasteiger partial charge in [-0.2, -0.15) is 0 Å². The summed E-state index contributed by atoms with van der Waals surface area (Å²) < 4.78 is 5.66. The summed E-state index contributed by atoms with van der Waals surface area (Å²) in [6.45, 7) is 6.71. The lowest BCUT2D eigenvalue weighted by Crippen LogP contribution is -2.41. The fourth-order valence-electron chi connectivity index (χ4n) is 3.08. The highest BCUT2D eigenvalue weighted by Crippen LogP contribution is 2.16. The van der Waals surface area contributed by atoms with Gasteiger partial charge in [-0.05, 0) is 56.2 Å². The third kappa shape index (κ3) is 8.79. The Labute approximate surface area is 189 Å². The van der Waals surface area contributed by atoms with Crippen LogP contribution in [0.3, 0.4) is 0 Å². The molecule has 7 heteroatoms. The molecule has 0 unspecified atom stereocenters. The lowest BCUT2D eigenvalue weighted by molar-refractivity contribution is -0.124. The molecule has 2 rings (SSSR count). The van der Waals surface area contributed by atoms with Gasteiger partial charge < -0.3 is 10.1 Å². The number of nitrogens with one attached hydrogen (secondary N) is 3. The van der Waals surface area contributed by atoms with Crippen LogP contribution in [0.4, 0.5) is 5.69 Å². The van der Waals surface area contributed by atoms with E-state index in [1.807, 2.05) is 32.0 Å². The molecular formula is C25H33N3O4. The molecule has 0 heterocycles. The van der Waals surface area contributed by atoms with Crippen molar-refractivity contribution in [3.05, 3.63) is 59.2 Å². The first kappa shape index (κ1) is 24.9. The number of carbonyl (C=O) groups is 3. The summed E-state index contributed by atoms with van der Waals surface area (Å²) in [7, 11) is 0. The summed E-state index contributed by atoms with van der Waals surface area (Å²) in [4.78, 5) is 36.2. The summed E-state index contributed by atoms with van der Waals surface area (Å²) in [6.07, 6.45) is 4.50. The van der Waals surface area contributed by atoms with E-state index in [1.54, 1.807) is 24.3 Å². The van der Waals surface area contributed by atoms with E-state index >= 15 is 0 Å². The second-order valence-corrected chi connectivity index (χ2v) is 7.80. The van der Waals surface area contributed by atoms with Crippen LogP contribution in [0.1, 0.15) is 66.9 Å². The van der Waals surface area contributed by atoms with E-state index in [0.717, 1.165) is 29.7 Å². The molecule has 0 aliphatic carbocycles. The number of rotatable bonds is 11. The van der Waals surface area contributed by atoms with E-state index in [4.69, 9.17) is 4.74 Å². The summed E-state index contributed by atoms with van der Waals surface area (Å²) in [6, 6.07) is 12.5. The average Bonchev–Trinajstić information content (AvgIpc) is 2.78. The molecule has 0 aliphatic heterocycles. The molecule has 0 atom stereocenters. The van der Waals surface area contributed by atoms with Crippen LogP contribution in [-0.2, 0) is 9.59 Å². The molecule has 32 heavy (non-hydrogen) atoms. The number of amides is 3. The van der Waals surface area contributed by atoms with Gasteiger partial charge in [-0.3, -0.25) is 25.2 Å². The standard InChI is InChI=1S/C25H33N3O4/c1-4-5-6-7-16-32-21-11-9-20(10-12-21)25(31)28-27-24(30)15-14-23(29)26-22-13-8-18(2)17-19(22)3/h8-13,17H,4-7,14-16H2,1-3H3,(H,26,29)(H,27,30)(H,28,31).